The second-order valence-electron chi connectivity index (χ2n) is 8.60. The Bertz CT molecular complexity index is 1080. The van der Waals surface area contributed by atoms with Gasteiger partial charge >= 0.3 is 5.97 Å². The lowest BCUT2D eigenvalue weighted by atomic mass is 10.1. The molecule has 1 aliphatic heterocycles. The fourth-order valence-corrected chi connectivity index (χ4v) is 5.41. The molecule has 2 aromatic rings. The number of fused-ring (bicyclic) bond motifs is 1. The maximum atomic E-state index is 13.2. The monoisotopic (exact) mass is 479 g/mol. The van der Waals surface area contributed by atoms with E-state index in [1.165, 1.54) is 4.31 Å². The van der Waals surface area contributed by atoms with E-state index >= 15 is 0 Å². The van der Waals surface area contributed by atoms with E-state index < -0.39 is 16.0 Å². The first-order chi connectivity index (χ1) is 15.4. The van der Waals surface area contributed by atoms with Crippen LogP contribution in [0.4, 0.5) is 0 Å². The zero-order valence-electron chi connectivity index (χ0n) is 19.8. The first kappa shape index (κ1) is 26.7. The van der Waals surface area contributed by atoms with Gasteiger partial charge in [0.1, 0.15) is 0 Å². The fraction of sp³-hybridized carbons (Fsp3) is 0.500. The number of carbonyl (C=O) groups is 2. The molecule has 1 amide bonds. The van der Waals surface area contributed by atoms with Crippen molar-refractivity contribution >= 4 is 32.7 Å². The van der Waals surface area contributed by atoms with Crippen molar-refractivity contribution in [2.45, 2.75) is 24.3 Å². The Kier molecular flexibility index (Phi) is 9.29. The summed E-state index contributed by atoms with van der Waals surface area (Å²) < 4.78 is 27.8. The summed E-state index contributed by atoms with van der Waals surface area (Å²) in [6.45, 7) is 2.96. The van der Waals surface area contributed by atoms with Crippen LogP contribution in [0.5, 0.6) is 0 Å². The Morgan fingerprint density at radius 3 is 2.39 bits per heavy atom. The largest absolute Gasteiger partial charge is 0.480 e. The van der Waals surface area contributed by atoms with Crippen molar-refractivity contribution in [1.82, 2.24) is 24.4 Å². The van der Waals surface area contributed by atoms with E-state index in [0.29, 0.717) is 36.3 Å². The van der Waals surface area contributed by atoms with Crippen molar-refractivity contribution < 1.29 is 23.1 Å². The van der Waals surface area contributed by atoms with Gasteiger partial charge in [0.15, 0.2) is 0 Å². The number of likely N-dealkylation sites (N-methyl/N-ethyl adjacent to an activating group) is 2. The number of aryl methyl sites for hydroxylation is 1. The minimum absolute atomic E-state index is 0.0914. The van der Waals surface area contributed by atoms with Crippen molar-refractivity contribution in [3.05, 3.63) is 36.2 Å². The van der Waals surface area contributed by atoms with Crippen LogP contribution in [0.15, 0.2) is 35.5 Å². The van der Waals surface area contributed by atoms with Crippen molar-refractivity contribution in [2.24, 2.45) is 0 Å². The predicted octanol–water partition coefficient (Wildman–Crippen LogP) is 0.617. The minimum atomic E-state index is -3.64. The first-order valence-electron chi connectivity index (χ1n) is 10.6. The maximum Gasteiger partial charge on any atom is 0.317 e. The SMILES string of the molecule is CN(C)CC(=O)O.Cc1cncc2cccc(S(=O)(=O)N3CC[C@H](NC(=O)CN(C)C)C3)c12. The number of rotatable bonds is 7. The Labute approximate surface area is 195 Å². The summed E-state index contributed by atoms with van der Waals surface area (Å²) in [6.07, 6.45) is 3.97. The van der Waals surface area contributed by atoms with Crippen LogP contribution < -0.4 is 5.32 Å². The van der Waals surface area contributed by atoms with Gasteiger partial charge in [0.25, 0.3) is 0 Å². The van der Waals surface area contributed by atoms with Crippen molar-refractivity contribution in [3.8, 4) is 0 Å². The molecule has 1 aliphatic rings. The van der Waals surface area contributed by atoms with Crippen LogP contribution in [0.25, 0.3) is 10.8 Å². The van der Waals surface area contributed by atoms with E-state index in [-0.39, 0.29) is 18.5 Å². The van der Waals surface area contributed by atoms with Gasteiger partial charge in [-0.1, -0.05) is 12.1 Å². The number of pyridine rings is 1. The van der Waals surface area contributed by atoms with Gasteiger partial charge in [0.05, 0.1) is 18.0 Å². The summed E-state index contributed by atoms with van der Waals surface area (Å²) in [4.78, 5) is 29.5. The van der Waals surface area contributed by atoms with Crippen LogP contribution in [-0.2, 0) is 19.6 Å². The molecule has 0 spiro atoms. The normalized spacial score (nSPS) is 16.6. The van der Waals surface area contributed by atoms with E-state index in [0.717, 1.165) is 10.9 Å². The lowest BCUT2D eigenvalue weighted by molar-refractivity contribution is -0.137. The number of amides is 1. The smallest absolute Gasteiger partial charge is 0.317 e. The van der Waals surface area contributed by atoms with Crippen LogP contribution in [0.1, 0.15) is 12.0 Å². The number of carboxylic acids is 1. The molecule has 1 fully saturated rings. The molecule has 0 saturated carbocycles. The Balaban J connectivity index is 0.000000479. The van der Waals surface area contributed by atoms with Crippen molar-refractivity contribution in [2.75, 3.05) is 54.4 Å². The molecule has 1 saturated heterocycles. The standard InChI is InChI=1S/C18H24N4O3S.C4H9NO2/c1-13-9-19-10-14-5-4-6-16(18(13)14)26(24,25)22-8-7-15(11-22)20-17(23)12-21(2)3;1-5(2)3-4(6)7/h4-6,9-10,15H,7-8,11-12H2,1-3H3,(H,20,23);3H2,1-2H3,(H,6,7)/t15-;/m0./s1. The third-order valence-corrected chi connectivity index (χ3v) is 6.89. The van der Waals surface area contributed by atoms with E-state index in [1.54, 1.807) is 48.4 Å². The van der Waals surface area contributed by atoms with E-state index in [9.17, 15) is 18.0 Å². The molecule has 1 aromatic carbocycles. The molecule has 33 heavy (non-hydrogen) atoms. The molecule has 2 N–H and O–H groups in total. The van der Waals surface area contributed by atoms with Gasteiger partial charge in [0, 0.05) is 42.3 Å². The molecular weight excluding hydrogens is 446 g/mol. The molecule has 10 nitrogen and oxygen atoms in total. The number of sulfonamides is 1. The van der Waals surface area contributed by atoms with Gasteiger partial charge in [-0.15, -0.1) is 0 Å². The number of nitrogens with zero attached hydrogens (tertiary/aromatic N) is 4. The molecule has 0 unspecified atom stereocenters. The second-order valence-corrected chi connectivity index (χ2v) is 10.5. The van der Waals surface area contributed by atoms with E-state index in [2.05, 4.69) is 10.3 Å². The molecule has 0 aliphatic carbocycles. The molecule has 1 aromatic heterocycles. The van der Waals surface area contributed by atoms with Crippen LogP contribution in [0.2, 0.25) is 0 Å². The van der Waals surface area contributed by atoms with Gasteiger partial charge in [-0.05, 0) is 53.2 Å². The first-order valence-corrected chi connectivity index (χ1v) is 12.0. The van der Waals surface area contributed by atoms with Gasteiger partial charge in [-0.3, -0.25) is 19.5 Å². The summed E-state index contributed by atoms with van der Waals surface area (Å²) >= 11 is 0. The molecule has 0 bridgehead atoms. The summed E-state index contributed by atoms with van der Waals surface area (Å²) in [6, 6.07) is 5.09. The summed E-state index contributed by atoms with van der Waals surface area (Å²) in [5.74, 6) is -0.878. The zero-order valence-corrected chi connectivity index (χ0v) is 20.6. The number of aromatic nitrogens is 1. The number of carbonyl (C=O) groups excluding carboxylic acids is 1. The van der Waals surface area contributed by atoms with Gasteiger partial charge in [0.2, 0.25) is 15.9 Å². The highest BCUT2D eigenvalue weighted by Crippen LogP contribution is 2.29. The van der Waals surface area contributed by atoms with Crippen LogP contribution in [-0.4, -0.2) is 105 Å². The highest BCUT2D eigenvalue weighted by atomic mass is 32.2. The molecular formula is C22H33N5O5S. The average molecular weight is 480 g/mol. The second kappa shape index (κ2) is 11.5. The Hall–Kier alpha value is -2.60. The van der Waals surface area contributed by atoms with Gasteiger partial charge < -0.3 is 15.3 Å². The van der Waals surface area contributed by atoms with E-state index in [4.69, 9.17) is 5.11 Å². The quantitative estimate of drug-likeness (QED) is 0.592. The van der Waals surface area contributed by atoms with Crippen molar-refractivity contribution in [3.63, 3.8) is 0 Å². The number of aliphatic carboxylic acids is 1. The van der Waals surface area contributed by atoms with Crippen LogP contribution >= 0.6 is 0 Å². The Morgan fingerprint density at radius 1 is 1.15 bits per heavy atom. The predicted molar refractivity (Wildman–Crippen MR) is 127 cm³/mol. The molecule has 3 rings (SSSR count). The Morgan fingerprint density at radius 2 is 1.82 bits per heavy atom. The molecule has 2 heterocycles. The number of benzene rings is 1. The fourth-order valence-electron chi connectivity index (χ4n) is 3.62. The maximum absolute atomic E-state index is 13.2. The number of hydrogen-bond acceptors (Lipinski definition) is 7. The molecule has 1 atom stereocenters. The lowest BCUT2D eigenvalue weighted by Gasteiger charge is -2.19. The van der Waals surface area contributed by atoms with Gasteiger partial charge in [-0.2, -0.15) is 4.31 Å². The summed E-state index contributed by atoms with van der Waals surface area (Å²) in [7, 11) is 3.44. The lowest BCUT2D eigenvalue weighted by Crippen LogP contribution is -2.42. The van der Waals surface area contributed by atoms with Crippen LogP contribution in [0, 0.1) is 6.92 Å². The summed E-state index contributed by atoms with van der Waals surface area (Å²) in [5, 5.41) is 12.5. The van der Waals surface area contributed by atoms with Crippen LogP contribution in [0.3, 0.4) is 0 Å². The highest BCUT2D eigenvalue weighted by Gasteiger charge is 2.34. The minimum Gasteiger partial charge on any atom is -0.480 e. The number of hydrogen-bond donors (Lipinski definition) is 2. The number of carboxylic acid groups (broad SMARTS) is 1. The third kappa shape index (κ3) is 7.46. The third-order valence-electron chi connectivity index (χ3n) is 4.98. The van der Waals surface area contributed by atoms with Gasteiger partial charge in [-0.25, -0.2) is 8.42 Å². The van der Waals surface area contributed by atoms with Crippen molar-refractivity contribution in [1.29, 1.82) is 0 Å². The summed E-state index contributed by atoms with van der Waals surface area (Å²) in [5.41, 5.74) is 0.830. The molecule has 182 valence electrons. The van der Waals surface area contributed by atoms with E-state index in [1.807, 2.05) is 27.1 Å². The zero-order chi connectivity index (χ0) is 24.8. The highest BCUT2D eigenvalue weighted by molar-refractivity contribution is 7.89. The number of nitrogens with one attached hydrogen (secondary N) is 1. The molecule has 11 heteroatoms. The topological polar surface area (TPSA) is 123 Å². The average Bonchev–Trinajstić information content (AvgIpc) is 3.15. The molecule has 0 radical (unpaired) electrons.